The van der Waals surface area contributed by atoms with Crippen molar-refractivity contribution in [2.24, 2.45) is 22.6 Å². The van der Waals surface area contributed by atoms with Crippen molar-refractivity contribution < 1.29 is 0 Å². The van der Waals surface area contributed by atoms with Crippen LogP contribution in [0, 0.1) is 11.8 Å². The highest BCUT2D eigenvalue weighted by Crippen LogP contribution is 2.20. The molecule has 4 nitrogen and oxygen atoms in total. The van der Waals surface area contributed by atoms with Crippen LogP contribution in [-0.2, 0) is 0 Å². The van der Waals surface area contributed by atoms with Gasteiger partial charge in [-0.15, -0.1) is 0 Å². The van der Waals surface area contributed by atoms with Gasteiger partial charge in [0, 0.05) is 19.6 Å². The van der Waals surface area contributed by atoms with E-state index in [4.69, 9.17) is 5.73 Å². The van der Waals surface area contributed by atoms with Crippen LogP contribution >= 0.6 is 0 Å². The molecule has 2 aliphatic heterocycles. The lowest BCUT2D eigenvalue weighted by Gasteiger charge is -2.32. The molecule has 0 atom stereocenters. The summed E-state index contributed by atoms with van der Waals surface area (Å²) in [4.78, 5) is 9.42. The molecule has 0 aromatic heterocycles. The first-order valence-electron chi connectivity index (χ1n) is 8.46. The van der Waals surface area contributed by atoms with E-state index in [2.05, 4.69) is 28.6 Å². The maximum absolute atomic E-state index is 6.12. The van der Waals surface area contributed by atoms with Gasteiger partial charge in [0.1, 0.15) is 0 Å². The molecule has 0 unspecified atom stereocenters. The standard InChI is InChI=1S/C16H32N4/c1-3-19-10-7-15(8-11-19)4-9-18-16(17)20-12-5-14(2)6-13-20/h14-15H,3-13H2,1-2H3,(H2,17,18). The quantitative estimate of drug-likeness (QED) is 0.634. The third kappa shape index (κ3) is 4.65. The van der Waals surface area contributed by atoms with Gasteiger partial charge in [-0.05, 0) is 63.6 Å². The Morgan fingerprint density at radius 1 is 1.10 bits per heavy atom. The Morgan fingerprint density at radius 2 is 1.75 bits per heavy atom. The number of hydrogen-bond donors (Lipinski definition) is 1. The van der Waals surface area contributed by atoms with Crippen LogP contribution in [0.5, 0.6) is 0 Å². The highest BCUT2D eigenvalue weighted by atomic mass is 15.3. The van der Waals surface area contributed by atoms with Crippen LogP contribution < -0.4 is 5.73 Å². The molecule has 2 fully saturated rings. The predicted octanol–water partition coefficient (Wildman–Crippen LogP) is 2.16. The number of hydrogen-bond acceptors (Lipinski definition) is 2. The van der Waals surface area contributed by atoms with Gasteiger partial charge in [0.15, 0.2) is 5.96 Å². The molecule has 0 amide bonds. The van der Waals surface area contributed by atoms with Crippen molar-refractivity contribution in [2.45, 2.75) is 46.0 Å². The number of aliphatic imine (C=N–C) groups is 1. The second kappa shape index (κ2) is 7.87. The van der Waals surface area contributed by atoms with E-state index in [1.807, 2.05) is 0 Å². The molecule has 0 saturated carbocycles. The zero-order valence-corrected chi connectivity index (χ0v) is 13.4. The van der Waals surface area contributed by atoms with E-state index in [1.54, 1.807) is 0 Å². The van der Waals surface area contributed by atoms with Gasteiger partial charge < -0.3 is 15.5 Å². The minimum atomic E-state index is 0.780. The van der Waals surface area contributed by atoms with Crippen molar-refractivity contribution in [3.63, 3.8) is 0 Å². The molecule has 4 heteroatoms. The van der Waals surface area contributed by atoms with E-state index in [1.165, 1.54) is 51.7 Å². The topological polar surface area (TPSA) is 44.9 Å². The first kappa shape index (κ1) is 15.6. The fraction of sp³-hybridized carbons (Fsp3) is 0.938. The van der Waals surface area contributed by atoms with Crippen LogP contribution in [0.2, 0.25) is 0 Å². The number of guanidine groups is 1. The molecule has 0 bridgehead atoms. The molecule has 0 aromatic rings. The molecule has 2 saturated heterocycles. The van der Waals surface area contributed by atoms with E-state index in [0.29, 0.717) is 0 Å². The molecule has 0 spiro atoms. The minimum absolute atomic E-state index is 0.780. The van der Waals surface area contributed by atoms with Gasteiger partial charge in [-0.1, -0.05) is 13.8 Å². The number of nitrogens with two attached hydrogens (primary N) is 1. The highest BCUT2D eigenvalue weighted by molar-refractivity contribution is 5.78. The molecule has 116 valence electrons. The summed E-state index contributed by atoms with van der Waals surface area (Å²) < 4.78 is 0. The van der Waals surface area contributed by atoms with Crippen LogP contribution in [0.25, 0.3) is 0 Å². The molecule has 20 heavy (non-hydrogen) atoms. The Balaban J connectivity index is 1.65. The predicted molar refractivity (Wildman–Crippen MR) is 85.9 cm³/mol. The Labute approximate surface area is 124 Å². The van der Waals surface area contributed by atoms with Gasteiger partial charge in [-0.2, -0.15) is 0 Å². The Hall–Kier alpha value is -0.770. The van der Waals surface area contributed by atoms with Crippen LogP contribution in [0.4, 0.5) is 0 Å². The minimum Gasteiger partial charge on any atom is -0.370 e. The van der Waals surface area contributed by atoms with Crippen molar-refractivity contribution in [2.75, 3.05) is 39.3 Å². The molecule has 2 rings (SSSR count). The van der Waals surface area contributed by atoms with E-state index >= 15 is 0 Å². The second-order valence-electron chi connectivity index (χ2n) is 6.58. The number of nitrogens with zero attached hydrogens (tertiary/aromatic N) is 3. The van der Waals surface area contributed by atoms with Gasteiger partial charge in [0.2, 0.25) is 0 Å². The molecular weight excluding hydrogens is 248 g/mol. The lowest BCUT2D eigenvalue weighted by molar-refractivity contribution is 0.188. The number of likely N-dealkylation sites (tertiary alicyclic amines) is 2. The third-order valence-electron chi connectivity index (χ3n) is 5.07. The SMILES string of the molecule is CCN1CCC(CCN=C(N)N2CCC(C)CC2)CC1. The lowest BCUT2D eigenvalue weighted by Crippen LogP contribution is -2.42. The van der Waals surface area contributed by atoms with Crippen molar-refractivity contribution in [3.8, 4) is 0 Å². The number of piperidine rings is 2. The van der Waals surface area contributed by atoms with E-state index in [9.17, 15) is 0 Å². The monoisotopic (exact) mass is 280 g/mol. The first-order chi connectivity index (χ1) is 9.69. The second-order valence-corrected chi connectivity index (χ2v) is 6.58. The molecule has 2 N–H and O–H groups in total. The normalized spacial score (nSPS) is 24.3. The summed E-state index contributed by atoms with van der Waals surface area (Å²) in [5, 5.41) is 0. The van der Waals surface area contributed by atoms with Crippen LogP contribution in [0.1, 0.15) is 46.0 Å². The summed E-state index contributed by atoms with van der Waals surface area (Å²) >= 11 is 0. The lowest BCUT2D eigenvalue weighted by atomic mass is 9.94. The summed E-state index contributed by atoms with van der Waals surface area (Å²) in [6.07, 6.45) is 6.40. The molecule has 2 heterocycles. The van der Waals surface area contributed by atoms with Crippen LogP contribution in [-0.4, -0.2) is 55.0 Å². The Morgan fingerprint density at radius 3 is 2.35 bits per heavy atom. The summed E-state index contributed by atoms with van der Waals surface area (Å²) in [6.45, 7) is 11.4. The van der Waals surface area contributed by atoms with Crippen molar-refractivity contribution >= 4 is 5.96 Å². The molecular formula is C16H32N4. The zero-order valence-electron chi connectivity index (χ0n) is 13.4. The largest absolute Gasteiger partial charge is 0.370 e. The average molecular weight is 280 g/mol. The third-order valence-corrected chi connectivity index (χ3v) is 5.07. The maximum atomic E-state index is 6.12. The van der Waals surface area contributed by atoms with Gasteiger partial charge in [0.05, 0.1) is 0 Å². The van der Waals surface area contributed by atoms with Gasteiger partial charge in [0.25, 0.3) is 0 Å². The maximum Gasteiger partial charge on any atom is 0.191 e. The molecule has 0 radical (unpaired) electrons. The molecule has 0 aliphatic carbocycles. The van der Waals surface area contributed by atoms with Crippen LogP contribution in [0.3, 0.4) is 0 Å². The molecule has 2 aliphatic rings. The van der Waals surface area contributed by atoms with E-state index in [0.717, 1.165) is 37.4 Å². The van der Waals surface area contributed by atoms with Gasteiger partial charge >= 0.3 is 0 Å². The van der Waals surface area contributed by atoms with E-state index < -0.39 is 0 Å². The smallest absolute Gasteiger partial charge is 0.191 e. The summed E-state index contributed by atoms with van der Waals surface area (Å²) in [7, 11) is 0. The van der Waals surface area contributed by atoms with E-state index in [-0.39, 0.29) is 0 Å². The Kier molecular flexibility index (Phi) is 6.14. The van der Waals surface area contributed by atoms with Crippen LogP contribution in [0.15, 0.2) is 4.99 Å². The molecule has 0 aromatic carbocycles. The first-order valence-corrected chi connectivity index (χ1v) is 8.46. The number of rotatable bonds is 4. The van der Waals surface area contributed by atoms with Gasteiger partial charge in [-0.25, -0.2) is 0 Å². The fourth-order valence-corrected chi connectivity index (χ4v) is 3.29. The fourth-order valence-electron chi connectivity index (χ4n) is 3.29. The summed E-state index contributed by atoms with van der Waals surface area (Å²) in [5.41, 5.74) is 6.12. The average Bonchev–Trinajstić information content (AvgIpc) is 2.48. The highest BCUT2D eigenvalue weighted by Gasteiger charge is 2.19. The van der Waals surface area contributed by atoms with Crippen molar-refractivity contribution in [1.82, 2.24) is 9.80 Å². The van der Waals surface area contributed by atoms with Gasteiger partial charge in [-0.3, -0.25) is 4.99 Å². The summed E-state index contributed by atoms with van der Waals surface area (Å²) in [5.74, 6) is 2.49. The zero-order chi connectivity index (χ0) is 14.4. The van der Waals surface area contributed by atoms with Crippen molar-refractivity contribution in [3.05, 3.63) is 0 Å². The van der Waals surface area contributed by atoms with Crippen molar-refractivity contribution in [1.29, 1.82) is 0 Å². The summed E-state index contributed by atoms with van der Waals surface area (Å²) in [6, 6.07) is 0. The Bertz CT molecular complexity index is 300.